The zero-order chi connectivity index (χ0) is 25.4. The maximum absolute atomic E-state index is 13.6. The van der Waals surface area contributed by atoms with E-state index in [4.69, 9.17) is 0 Å². The van der Waals surface area contributed by atoms with E-state index in [1.807, 2.05) is 4.90 Å². The highest BCUT2D eigenvalue weighted by Crippen LogP contribution is 2.37. The smallest absolute Gasteiger partial charge is 0.243 e. The molecule has 3 aliphatic rings. The summed E-state index contributed by atoms with van der Waals surface area (Å²) in [5, 5.41) is 0. The number of sulfone groups is 1. The Morgan fingerprint density at radius 3 is 1.91 bits per heavy atom. The van der Waals surface area contributed by atoms with Gasteiger partial charge in [-0.25, -0.2) is 16.8 Å². The van der Waals surface area contributed by atoms with Crippen LogP contribution in [-0.2, 0) is 24.7 Å². The predicted octanol–water partition coefficient (Wildman–Crippen LogP) is 2.60. The van der Waals surface area contributed by atoms with Crippen LogP contribution in [0.2, 0.25) is 0 Å². The van der Waals surface area contributed by atoms with Crippen LogP contribution < -0.4 is 0 Å². The van der Waals surface area contributed by atoms with Crippen LogP contribution in [0.3, 0.4) is 0 Å². The van der Waals surface area contributed by atoms with Crippen molar-refractivity contribution in [3.05, 3.63) is 24.3 Å². The summed E-state index contributed by atoms with van der Waals surface area (Å²) in [5.41, 5.74) is 0. The van der Waals surface area contributed by atoms with Crippen LogP contribution in [-0.4, -0.2) is 87.9 Å². The second kappa shape index (κ2) is 10.5. The third-order valence-electron chi connectivity index (χ3n) is 7.80. The average molecular weight is 526 g/mol. The van der Waals surface area contributed by atoms with E-state index in [2.05, 4.69) is 18.7 Å². The summed E-state index contributed by atoms with van der Waals surface area (Å²) >= 11 is 0. The number of rotatable bonds is 8. The monoisotopic (exact) mass is 525 g/mol. The van der Waals surface area contributed by atoms with Crippen molar-refractivity contribution < 1.29 is 21.6 Å². The van der Waals surface area contributed by atoms with Gasteiger partial charge in [-0.3, -0.25) is 9.69 Å². The van der Waals surface area contributed by atoms with Crippen LogP contribution in [0.5, 0.6) is 0 Å². The molecular formula is C25H39N3O5S2. The van der Waals surface area contributed by atoms with E-state index >= 15 is 0 Å². The lowest BCUT2D eigenvalue weighted by atomic mass is 9.85. The summed E-state index contributed by atoms with van der Waals surface area (Å²) < 4.78 is 52.4. The Kier molecular flexibility index (Phi) is 7.95. The molecule has 0 bridgehead atoms. The predicted molar refractivity (Wildman–Crippen MR) is 135 cm³/mol. The fourth-order valence-corrected chi connectivity index (χ4v) is 7.71. The molecule has 0 radical (unpaired) electrons. The largest absolute Gasteiger partial charge is 0.340 e. The van der Waals surface area contributed by atoms with Gasteiger partial charge in [-0.05, 0) is 82.6 Å². The van der Waals surface area contributed by atoms with Crippen molar-refractivity contribution >= 4 is 25.8 Å². The minimum Gasteiger partial charge on any atom is -0.340 e. The first-order valence-corrected chi connectivity index (χ1v) is 16.1. The van der Waals surface area contributed by atoms with E-state index in [0.29, 0.717) is 44.2 Å². The molecule has 0 spiro atoms. The molecule has 8 nitrogen and oxygen atoms in total. The normalized spacial score (nSPS) is 24.8. The second-order valence-electron chi connectivity index (χ2n) is 10.7. The van der Waals surface area contributed by atoms with Gasteiger partial charge in [0.1, 0.15) is 0 Å². The molecule has 2 saturated carbocycles. The van der Waals surface area contributed by atoms with Gasteiger partial charge in [0.15, 0.2) is 9.84 Å². The Morgan fingerprint density at radius 1 is 0.886 bits per heavy atom. The molecule has 1 aliphatic heterocycles. The van der Waals surface area contributed by atoms with E-state index in [1.165, 1.54) is 24.3 Å². The number of benzene rings is 1. The number of piperazine rings is 1. The molecular weight excluding hydrogens is 486 g/mol. The number of sulfonamides is 1. The molecule has 196 valence electrons. The SMILES string of the molecule is CC(C)N1CCN(C(=O)[C@H]2CC[C@H](N(CC3CC3)S(=O)(=O)c3ccc(S(C)(=O)=O)cc3)CC2)CC1. The number of hydrogen-bond donors (Lipinski definition) is 0. The number of nitrogens with zero attached hydrogens (tertiary/aromatic N) is 3. The first-order valence-electron chi connectivity index (χ1n) is 12.8. The minimum atomic E-state index is -3.75. The van der Waals surface area contributed by atoms with Crippen LogP contribution in [0.4, 0.5) is 0 Å². The molecule has 4 rings (SSSR count). The van der Waals surface area contributed by atoms with Gasteiger partial charge in [-0.2, -0.15) is 4.31 Å². The molecule has 1 aromatic rings. The second-order valence-corrected chi connectivity index (χ2v) is 14.6. The molecule has 35 heavy (non-hydrogen) atoms. The van der Waals surface area contributed by atoms with Gasteiger partial charge in [0.25, 0.3) is 0 Å². The molecule has 0 atom stereocenters. The lowest BCUT2D eigenvalue weighted by Crippen LogP contribution is -2.52. The lowest BCUT2D eigenvalue weighted by molar-refractivity contribution is -0.138. The molecule has 1 aromatic carbocycles. The van der Waals surface area contributed by atoms with E-state index < -0.39 is 19.9 Å². The van der Waals surface area contributed by atoms with Crippen LogP contribution in [0.1, 0.15) is 52.4 Å². The fraction of sp³-hybridized carbons (Fsp3) is 0.720. The number of amides is 1. The van der Waals surface area contributed by atoms with Crippen molar-refractivity contribution in [2.24, 2.45) is 11.8 Å². The molecule has 0 N–H and O–H groups in total. The Labute approximate surface area is 210 Å². The molecule has 1 heterocycles. The topological polar surface area (TPSA) is 95.1 Å². The molecule has 0 unspecified atom stereocenters. The van der Waals surface area contributed by atoms with Crippen molar-refractivity contribution in [3.8, 4) is 0 Å². The van der Waals surface area contributed by atoms with Crippen LogP contribution in [0.25, 0.3) is 0 Å². The van der Waals surface area contributed by atoms with Gasteiger partial charge >= 0.3 is 0 Å². The quantitative estimate of drug-likeness (QED) is 0.518. The van der Waals surface area contributed by atoms with Gasteiger partial charge in [0, 0.05) is 57.0 Å². The van der Waals surface area contributed by atoms with Crippen molar-refractivity contribution in [2.75, 3.05) is 39.0 Å². The third-order valence-corrected chi connectivity index (χ3v) is 10.9. The van der Waals surface area contributed by atoms with Gasteiger partial charge in [0.2, 0.25) is 15.9 Å². The summed E-state index contributed by atoms with van der Waals surface area (Å²) in [7, 11) is -7.15. The minimum absolute atomic E-state index is 0.0311. The zero-order valence-corrected chi connectivity index (χ0v) is 22.7. The van der Waals surface area contributed by atoms with Crippen molar-refractivity contribution in [3.63, 3.8) is 0 Å². The van der Waals surface area contributed by atoms with E-state index in [1.54, 1.807) is 4.31 Å². The Balaban J connectivity index is 1.41. The van der Waals surface area contributed by atoms with Crippen LogP contribution >= 0.6 is 0 Å². The van der Waals surface area contributed by atoms with E-state index in [9.17, 15) is 21.6 Å². The summed E-state index contributed by atoms with van der Waals surface area (Å²) in [5.74, 6) is 0.577. The Hall–Kier alpha value is -1.49. The van der Waals surface area contributed by atoms with Gasteiger partial charge in [-0.15, -0.1) is 0 Å². The maximum Gasteiger partial charge on any atom is 0.243 e. The molecule has 0 aromatic heterocycles. The number of hydrogen-bond acceptors (Lipinski definition) is 6. The highest BCUT2D eigenvalue weighted by Gasteiger charge is 2.40. The standard InChI is InChI=1S/C25H39N3O5S2/c1-19(2)26-14-16-27(17-15-26)25(29)21-6-8-22(9-7-21)28(18-20-4-5-20)35(32,33)24-12-10-23(11-13-24)34(3,30)31/h10-13,19-22H,4-9,14-18H2,1-3H3/t21-,22-. The summed E-state index contributed by atoms with van der Waals surface area (Å²) in [6, 6.07) is 5.90. The zero-order valence-electron chi connectivity index (χ0n) is 21.1. The molecule has 1 amide bonds. The average Bonchev–Trinajstić information content (AvgIpc) is 3.66. The van der Waals surface area contributed by atoms with Crippen LogP contribution in [0, 0.1) is 11.8 Å². The third kappa shape index (κ3) is 6.26. The first-order chi connectivity index (χ1) is 16.5. The lowest BCUT2D eigenvalue weighted by Gasteiger charge is -2.40. The van der Waals surface area contributed by atoms with E-state index in [0.717, 1.165) is 45.3 Å². The molecule has 3 fully saturated rings. The number of carbonyl (C=O) groups excluding carboxylic acids is 1. The molecule has 1 saturated heterocycles. The van der Waals surface area contributed by atoms with Gasteiger partial charge in [0.05, 0.1) is 9.79 Å². The highest BCUT2D eigenvalue weighted by molar-refractivity contribution is 7.90. The Morgan fingerprint density at radius 2 is 1.43 bits per heavy atom. The molecule has 10 heteroatoms. The van der Waals surface area contributed by atoms with Gasteiger partial charge in [-0.1, -0.05) is 0 Å². The van der Waals surface area contributed by atoms with Gasteiger partial charge < -0.3 is 4.90 Å². The molecule has 2 aliphatic carbocycles. The summed E-state index contributed by atoms with van der Waals surface area (Å²) in [4.78, 5) is 17.8. The summed E-state index contributed by atoms with van der Waals surface area (Å²) in [6.07, 6.45) is 5.95. The highest BCUT2D eigenvalue weighted by atomic mass is 32.2. The van der Waals surface area contributed by atoms with Crippen LogP contribution in [0.15, 0.2) is 34.1 Å². The Bertz CT molecular complexity index is 1100. The van der Waals surface area contributed by atoms with Crippen molar-refractivity contribution in [1.29, 1.82) is 0 Å². The van der Waals surface area contributed by atoms with Crippen molar-refractivity contribution in [2.45, 2.75) is 74.2 Å². The van der Waals surface area contributed by atoms with E-state index in [-0.39, 0.29) is 27.7 Å². The fourth-order valence-electron chi connectivity index (χ4n) is 5.32. The van der Waals surface area contributed by atoms with Crippen molar-refractivity contribution in [1.82, 2.24) is 14.1 Å². The maximum atomic E-state index is 13.6. The number of carbonyl (C=O) groups is 1. The summed E-state index contributed by atoms with van der Waals surface area (Å²) in [6.45, 7) is 8.21. The first kappa shape index (κ1) is 26.6.